The third kappa shape index (κ3) is 8.52. The lowest BCUT2D eigenvalue weighted by molar-refractivity contribution is -0.143. The van der Waals surface area contributed by atoms with E-state index in [9.17, 15) is 14.4 Å². The molecule has 2 fully saturated rings. The first-order valence-electron chi connectivity index (χ1n) is 13.7. The van der Waals surface area contributed by atoms with Gasteiger partial charge in [0.25, 0.3) is 0 Å². The molecule has 0 radical (unpaired) electrons. The molecule has 1 aromatic carbocycles. The third-order valence-corrected chi connectivity index (χ3v) is 6.76. The summed E-state index contributed by atoms with van der Waals surface area (Å²) in [5, 5.41) is 6.03. The van der Waals surface area contributed by atoms with E-state index >= 15 is 0 Å². The summed E-state index contributed by atoms with van der Waals surface area (Å²) in [6.45, 7) is 9.37. The average molecular weight is 510 g/mol. The largest absolute Gasteiger partial charge is 0.444 e. The van der Waals surface area contributed by atoms with Crippen LogP contribution in [0.25, 0.3) is 0 Å². The molecule has 0 spiro atoms. The number of nitrogens with zero attached hydrogens (tertiary/aromatic N) is 1. The summed E-state index contributed by atoms with van der Waals surface area (Å²) in [6.07, 6.45) is 12.3. The summed E-state index contributed by atoms with van der Waals surface area (Å²) in [7, 11) is 0. The van der Waals surface area contributed by atoms with Gasteiger partial charge in [0, 0.05) is 17.6 Å². The van der Waals surface area contributed by atoms with Gasteiger partial charge in [0.2, 0.25) is 11.8 Å². The number of ether oxygens (including phenoxy) is 1. The Morgan fingerprint density at radius 1 is 1.05 bits per heavy atom. The van der Waals surface area contributed by atoms with Gasteiger partial charge in [0.05, 0.1) is 0 Å². The molecule has 37 heavy (non-hydrogen) atoms. The number of nitrogens with one attached hydrogen (secondary N) is 2. The van der Waals surface area contributed by atoms with E-state index in [4.69, 9.17) is 11.2 Å². The van der Waals surface area contributed by atoms with Crippen molar-refractivity contribution in [2.45, 2.75) is 116 Å². The molecule has 2 unspecified atom stereocenters. The van der Waals surface area contributed by atoms with Crippen molar-refractivity contribution in [1.82, 2.24) is 15.5 Å². The van der Waals surface area contributed by atoms with Crippen molar-refractivity contribution in [2.24, 2.45) is 5.92 Å². The molecule has 0 aromatic heterocycles. The quantitative estimate of drug-likeness (QED) is 0.454. The molecule has 0 heterocycles. The predicted molar refractivity (Wildman–Crippen MR) is 145 cm³/mol. The number of hydrogen-bond acceptors (Lipinski definition) is 4. The lowest BCUT2D eigenvalue weighted by atomic mass is 9.94. The van der Waals surface area contributed by atoms with Crippen molar-refractivity contribution in [2.75, 3.05) is 0 Å². The van der Waals surface area contributed by atoms with Gasteiger partial charge in [-0.1, -0.05) is 51.2 Å². The van der Waals surface area contributed by atoms with Crippen LogP contribution in [0.15, 0.2) is 24.3 Å². The lowest BCUT2D eigenvalue weighted by Gasteiger charge is -2.36. The Bertz CT molecular complexity index is 980. The monoisotopic (exact) mass is 509 g/mol. The summed E-state index contributed by atoms with van der Waals surface area (Å²) >= 11 is 0. The van der Waals surface area contributed by atoms with Crippen LogP contribution in [0.5, 0.6) is 0 Å². The van der Waals surface area contributed by atoms with Crippen LogP contribution in [-0.4, -0.2) is 46.5 Å². The second-order valence-electron chi connectivity index (χ2n) is 11.8. The van der Waals surface area contributed by atoms with E-state index in [0.717, 1.165) is 38.5 Å². The minimum Gasteiger partial charge on any atom is -0.444 e. The summed E-state index contributed by atoms with van der Waals surface area (Å²) < 4.78 is 5.46. The van der Waals surface area contributed by atoms with Gasteiger partial charge in [-0.15, -0.1) is 6.42 Å². The van der Waals surface area contributed by atoms with Crippen molar-refractivity contribution in [3.05, 3.63) is 35.4 Å². The number of alkyl carbamates (subject to hydrolysis) is 1. The maximum atomic E-state index is 14.1. The number of carbonyl (C=O) groups excluding carboxylic acids is 3. The van der Waals surface area contributed by atoms with Crippen molar-refractivity contribution in [1.29, 1.82) is 0 Å². The molecule has 2 atom stereocenters. The first kappa shape index (κ1) is 28.6. The summed E-state index contributed by atoms with van der Waals surface area (Å²) in [4.78, 5) is 42.4. The van der Waals surface area contributed by atoms with E-state index in [1.54, 1.807) is 37.8 Å². The topological polar surface area (TPSA) is 87.7 Å². The average Bonchev–Trinajstić information content (AvgIpc) is 3.66. The van der Waals surface area contributed by atoms with E-state index in [-0.39, 0.29) is 29.8 Å². The van der Waals surface area contributed by atoms with Crippen LogP contribution in [0.1, 0.15) is 103 Å². The molecule has 0 saturated heterocycles. The van der Waals surface area contributed by atoms with Gasteiger partial charge < -0.3 is 20.3 Å². The first-order valence-corrected chi connectivity index (χ1v) is 13.7. The minimum absolute atomic E-state index is 0.0583. The molecule has 2 N–H and O–H groups in total. The van der Waals surface area contributed by atoms with Crippen LogP contribution >= 0.6 is 0 Å². The zero-order valence-electron chi connectivity index (χ0n) is 23.0. The fraction of sp³-hybridized carbons (Fsp3) is 0.633. The highest BCUT2D eigenvalue weighted by molar-refractivity contribution is 5.92. The van der Waals surface area contributed by atoms with Gasteiger partial charge in [0.1, 0.15) is 17.7 Å². The molecule has 2 saturated carbocycles. The molecule has 2 aliphatic carbocycles. The summed E-state index contributed by atoms with van der Waals surface area (Å²) in [5.74, 6) is 2.32. The van der Waals surface area contributed by atoms with Crippen LogP contribution in [0, 0.1) is 18.3 Å². The van der Waals surface area contributed by atoms with Gasteiger partial charge in [-0.2, -0.15) is 0 Å². The molecule has 1 aromatic rings. The first-order chi connectivity index (χ1) is 17.5. The van der Waals surface area contributed by atoms with E-state index in [0.29, 0.717) is 17.5 Å². The Morgan fingerprint density at radius 2 is 1.68 bits per heavy atom. The molecule has 3 amide bonds. The van der Waals surface area contributed by atoms with Crippen molar-refractivity contribution >= 4 is 17.9 Å². The fourth-order valence-electron chi connectivity index (χ4n) is 4.92. The molecule has 2 aliphatic rings. The maximum absolute atomic E-state index is 14.1. The zero-order chi connectivity index (χ0) is 27.2. The van der Waals surface area contributed by atoms with Crippen molar-refractivity contribution < 1.29 is 19.1 Å². The second kappa shape index (κ2) is 12.5. The van der Waals surface area contributed by atoms with Gasteiger partial charge in [-0.05, 0) is 76.5 Å². The van der Waals surface area contributed by atoms with Gasteiger partial charge >= 0.3 is 6.09 Å². The molecular formula is C30H43N3O4. The summed E-state index contributed by atoms with van der Waals surface area (Å²) in [6, 6.07) is 5.72. The minimum atomic E-state index is -0.802. The van der Waals surface area contributed by atoms with E-state index in [1.807, 2.05) is 26.0 Å². The summed E-state index contributed by atoms with van der Waals surface area (Å²) in [5.41, 5.74) is 0.740. The molecule has 3 rings (SSSR count). The van der Waals surface area contributed by atoms with E-state index in [2.05, 4.69) is 16.6 Å². The van der Waals surface area contributed by atoms with Crippen LogP contribution in [0.2, 0.25) is 0 Å². The molecule has 7 heteroatoms. The second-order valence-corrected chi connectivity index (χ2v) is 11.8. The van der Waals surface area contributed by atoms with Gasteiger partial charge in [0.15, 0.2) is 0 Å². The third-order valence-electron chi connectivity index (χ3n) is 6.76. The Hall–Kier alpha value is -3.01. The zero-order valence-corrected chi connectivity index (χ0v) is 23.0. The number of terminal acetylenes is 1. The normalized spacial score (nSPS) is 17.9. The Balaban J connectivity index is 1.93. The number of carbonyl (C=O) groups is 3. The van der Waals surface area contributed by atoms with Crippen molar-refractivity contribution in [3.8, 4) is 12.3 Å². The van der Waals surface area contributed by atoms with Crippen molar-refractivity contribution in [3.63, 3.8) is 0 Å². The van der Waals surface area contributed by atoms with Crippen LogP contribution in [0.3, 0.4) is 0 Å². The number of amides is 3. The van der Waals surface area contributed by atoms with Crippen LogP contribution in [-0.2, 0) is 14.3 Å². The fourth-order valence-corrected chi connectivity index (χ4v) is 4.92. The lowest BCUT2D eigenvalue weighted by Crippen LogP contribution is -2.54. The van der Waals surface area contributed by atoms with E-state index < -0.39 is 23.8 Å². The Kier molecular flexibility index (Phi) is 9.64. The Morgan fingerprint density at radius 3 is 2.19 bits per heavy atom. The molecular weight excluding hydrogens is 466 g/mol. The number of rotatable bonds is 9. The van der Waals surface area contributed by atoms with Crippen LogP contribution in [0.4, 0.5) is 4.79 Å². The SMILES string of the molecule is C#Cc1ccc(C(C(=O)NC2CCCCC2)N(C(=O)C(CC(C)C)NC(=O)OC(C)(C)C)C2CC2)cc1. The highest BCUT2D eigenvalue weighted by Crippen LogP contribution is 2.36. The number of benzene rings is 1. The van der Waals surface area contributed by atoms with Gasteiger partial charge in [-0.3, -0.25) is 9.59 Å². The predicted octanol–water partition coefficient (Wildman–Crippen LogP) is 5.09. The molecule has 0 bridgehead atoms. The highest BCUT2D eigenvalue weighted by Gasteiger charge is 2.44. The molecule has 0 aliphatic heterocycles. The maximum Gasteiger partial charge on any atom is 0.408 e. The smallest absolute Gasteiger partial charge is 0.408 e. The Labute approximate surface area is 222 Å². The highest BCUT2D eigenvalue weighted by atomic mass is 16.6. The molecule has 7 nitrogen and oxygen atoms in total. The van der Waals surface area contributed by atoms with Crippen LogP contribution < -0.4 is 10.6 Å². The molecule has 202 valence electrons. The van der Waals surface area contributed by atoms with E-state index in [1.165, 1.54) is 6.42 Å². The number of hydrogen-bond donors (Lipinski definition) is 2. The van der Waals surface area contributed by atoms with Gasteiger partial charge in [-0.25, -0.2) is 4.79 Å². The standard InChI is InChI=1S/C30H43N3O4/c1-7-21-13-15-22(16-14-21)26(27(34)31-23-11-9-8-10-12-23)33(24-17-18-24)28(35)25(19-20(2)3)32-29(36)37-30(4,5)6/h1,13-16,20,23-26H,8-12,17-19H2,2-6H3,(H,31,34)(H,32,36).